The molecule has 37 heavy (non-hydrogen) atoms. The third kappa shape index (κ3) is 5.55. The summed E-state index contributed by atoms with van der Waals surface area (Å²) in [5, 5.41) is 0. The molecular formula is C30H30F3N3O. The summed E-state index contributed by atoms with van der Waals surface area (Å²) in [6.07, 6.45) is 0.157. The van der Waals surface area contributed by atoms with Crippen molar-refractivity contribution in [1.29, 1.82) is 0 Å². The van der Waals surface area contributed by atoms with Gasteiger partial charge in [-0.25, -0.2) is 4.98 Å². The van der Waals surface area contributed by atoms with Gasteiger partial charge in [-0.1, -0.05) is 54.6 Å². The van der Waals surface area contributed by atoms with Crippen LogP contribution in [0.3, 0.4) is 0 Å². The lowest BCUT2D eigenvalue weighted by Gasteiger charge is -2.33. The van der Waals surface area contributed by atoms with Crippen LogP contribution in [0.15, 0.2) is 79.0 Å². The molecule has 0 bridgehead atoms. The summed E-state index contributed by atoms with van der Waals surface area (Å²) < 4.78 is 42.6. The monoisotopic (exact) mass is 505 g/mol. The Morgan fingerprint density at radius 2 is 1.73 bits per heavy atom. The molecule has 3 heterocycles. The van der Waals surface area contributed by atoms with Gasteiger partial charge in [0.1, 0.15) is 5.65 Å². The second kappa shape index (κ2) is 10.4. The highest BCUT2D eigenvalue weighted by molar-refractivity contribution is 5.78. The number of amides is 1. The fraction of sp³-hybridized carbons (Fsp3) is 0.333. The van der Waals surface area contributed by atoms with Gasteiger partial charge in [-0.3, -0.25) is 4.79 Å². The molecule has 5 rings (SSSR count). The van der Waals surface area contributed by atoms with E-state index in [9.17, 15) is 18.0 Å². The third-order valence-electron chi connectivity index (χ3n) is 7.44. The quantitative estimate of drug-likeness (QED) is 0.294. The summed E-state index contributed by atoms with van der Waals surface area (Å²) in [6, 6.07) is 21.4. The molecule has 0 radical (unpaired) electrons. The van der Waals surface area contributed by atoms with E-state index in [2.05, 4.69) is 17.1 Å². The molecule has 1 amide bonds. The zero-order valence-corrected chi connectivity index (χ0v) is 20.8. The number of benzene rings is 2. The van der Waals surface area contributed by atoms with Gasteiger partial charge < -0.3 is 9.30 Å². The highest BCUT2D eigenvalue weighted by Crippen LogP contribution is 2.35. The van der Waals surface area contributed by atoms with E-state index in [-0.39, 0.29) is 12.3 Å². The molecule has 0 spiro atoms. The Kier molecular flexibility index (Phi) is 7.04. The first kappa shape index (κ1) is 25.1. The number of piperidine rings is 1. The third-order valence-corrected chi connectivity index (χ3v) is 7.44. The number of hydrogen-bond acceptors (Lipinski definition) is 2. The molecule has 2 aromatic heterocycles. The predicted octanol–water partition coefficient (Wildman–Crippen LogP) is 6.66. The van der Waals surface area contributed by atoms with E-state index in [1.54, 1.807) is 12.3 Å². The van der Waals surface area contributed by atoms with Crippen molar-refractivity contribution in [1.82, 2.24) is 14.3 Å². The number of nitrogens with zero attached hydrogens (tertiary/aromatic N) is 3. The maximum Gasteiger partial charge on any atom is 0.416 e. The van der Waals surface area contributed by atoms with Crippen molar-refractivity contribution >= 4 is 11.6 Å². The van der Waals surface area contributed by atoms with E-state index in [0.29, 0.717) is 30.2 Å². The van der Waals surface area contributed by atoms with Gasteiger partial charge >= 0.3 is 6.18 Å². The van der Waals surface area contributed by atoms with Crippen molar-refractivity contribution in [3.63, 3.8) is 0 Å². The molecule has 1 saturated heterocycles. The second-order valence-corrected chi connectivity index (χ2v) is 9.94. The predicted molar refractivity (Wildman–Crippen MR) is 137 cm³/mol. The van der Waals surface area contributed by atoms with Crippen LogP contribution in [0.1, 0.15) is 53.3 Å². The van der Waals surface area contributed by atoms with Crippen LogP contribution in [0, 0.1) is 12.8 Å². The van der Waals surface area contributed by atoms with Gasteiger partial charge in [0.2, 0.25) is 5.91 Å². The van der Waals surface area contributed by atoms with Gasteiger partial charge in [0.25, 0.3) is 0 Å². The number of hydrogen-bond donors (Lipinski definition) is 0. The number of aromatic nitrogens is 2. The van der Waals surface area contributed by atoms with Crippen LogP contribution in [-0.4, -0.2) is 33.3 Å². The number of pyridine rings is 1. The summed E-state index contributed by atoms with van der Waals surface area (Å²) in [5.41, 5.74) is 3.40. The second-order valence-electron chi connectivity index (χ2n) is 9.94. The van der Waals surface area contributed by atoms with Crippen LogP contribution in [-0.2, 0) is 17.4 Å². The van der Waals surface area contributed by atoms with Crippen molar-refractivity contribution in [2.45, 2.75) is 44.7 Å². The van der Waals surface area contributed by atoms with E-state index in [1.807, 2.05) is 52.6 Å². The van der Waals surface area contributed by atoms with Crippen molar-refractivity contribution in [3.05, 3.63) is 107 Å². The van der Waals surface area contributed by atoms with E-state index >= 15 is 0 Å². The fourth-order valence-electron chi connectivity index (χ4n) is 5.44. The van der Waals surface area contributed by atoms with E-state index in [4.69, 9.17) is 0 Å². The Morgan fingerprint density at radius 1 is 1.00 bits per heavy atom. The molecule has 1 unspecified atom stereocenters. The van der Waals surface area contributed by atoms with Crippen LogP contribution < -0.4 is 0 Å². The van der Waals surface area contributed by atoms with Crippen LogP contribution >= 0.6 is 0 Å². The zero-order valence-electron chi connectivity index (χ0n) is 20.8. The molecular weight excluding hydrogens is 475 g/mol. The van der Waals surface area contributed by atoms with E-state index in [1.165, 1.54) is 17.7 Å². The van der Waals surface area contributed by atoms with E-state index < -0.39 is 17.7 Å². The molecule has 1 atom stereocenters. The first-order chi connectivity index (χ1) is 17.8. The van der Waals surface area contributed by atoms with Gasteiger partial charge in [0.15, 0.2) is 0 Å². The normalized spacial score (nSPS) is 15.7. The van der Waals surface area contributed by atoms with Crippen LogP contribution in [0.5, 0.6) is 0 Å². The number of likely N-dealkylation sites (tertiary alicyclic amines) is 1. The molecule has 4 aromatic rings. The molecule has 192 valence electrons. The Bertz CT molecular complexity index is 1370. The highest BCUT2D eigenvalue weighted by Gasteiger charge is 2.33. The Morgan fingerprint density at radius 3 is 2.46 bits per heavy atom. The summed E-state index contributed by atoms with van der Waals surface area (Å²) >= 11 is 0. The van der Waals surface area contributed by atoms with Gasteiger partial charge in [0, 0.05) is 37.3 Å². The minimum absolute atomic E-state index is 0.0379. The largest absolute Gasteiger partial charge is 0.416 e. The minimum Gasteiger partial charge on any atom is -0.343 e. The topological polar surface area (TPSA) is 37.6 Å². The van der Waals surface area contributed by atoms with Crippen molar-refractivity contribution in [2.75, 3.05) is 13.1 Å². The Hall–Kier alpha value is -3.61. The number of carbonyl (C=O) groups excluding carboxylic acids is 1. The van der Waals surface area contributed by atoms with Gasteiger partial charge in [-0.2, -0.15) is 13.2 Å². The molecule has 1 fully saturated rings. The average Bonchev–Trinajstić information content (AvgIpc) is 3.33. The Balaban J connectivity index is 1.39. The standard InChI is InChI=1S/C30H30F3N3O/c1-21-7-5-12-28-34-20-27(36(21)28)26(24-10-6-11-25(18-24)30(31,32)33)19-29(37)35-15-13-23(14-16-35)17-22-8-3-2-4-9-22/h2-12,18,20,23,26H,13-17,19H2,1H3. The lowest BCUT2D eigenvalue weighted by atomic mass is 9.88. The molecule has 0 saturated carbocycles. The summed E-state index contributed by atoms with van der Waals surface area (Å²) in [4.78, 5) is 19.9. The van der Waals surface area contributed by atoms with Crippen LogP contribution in [0.4, 0.5) is 13.2 Å². The number of imidazole rings is 1. The SMILES string of the molecule is Cc1cccc2ncc(C(CC(=O)N3CCC(Cc4ccccc4)CC3)c3cccc(C(F)(F)F)c3)n12. The molecule has 1 aliphatic rings. The lowest BCUT2D eigenvalue weighted by molar-refractivity contribution is -0.137. The zero-order chi connectivity index (χ0) is 26.0. The summed E-state index contributed by atoms with van der Waals surface area (Å²) in [5.74, 6) is -0.0656. The average molecular weight is 506 g/mol. The lowest BCUT2D eigenvalue weighted by Crippen LogP contribution is -2.39. The van der Waals surface area contributed by atoms with Gasteiger partial charge in [0.05, 0.1) is 11.3 Å². The molecule has 0 aliphatic carbocycles. The molecule has 0 N–H and O–H groups in total. The highest BCUT2D eigenvalue weighted by atomic mass is 19.4. The smallest absolute Gasteiger partial charge is 0.343 e. The number of fused-ring (bicyclic) bond motifs is 1. The number of rotatable bonds is 6. The van der Waals surface area contributed by atoms with Crippen molar-refractivity contribution < 1.29 is 18.0 Å². The Labute approximate surface area is 214 Å². The molecule has 2 aromatic carbocycles. The van der Waals surface area contributed by atoms with Crippen LogP contribution in [0.2, 0.25) is 0 Å². The first-order valence-corrected chi connectivity index (χ1v) is 12.7. The first-order valence-electron chi connectivity index (χ1n) is 12.7. The minimum atomic E-state index is -4.46. The van der Waals surface area contributed by atoms with Crippen molar-refractivity contribution in [3.8, 4) is 0 Å². The number of alkyl halides is 3. The summed E-state index contributed by atoms with van der Waals surface area (Å²) in [7, 11) is 0. The maximum absolute atomic E-state index is 13.5. The van der Waals surface area contributed by atoms with E-state index in [0.717, 1.165) is 36.7 Å². The number of aryl methyl sites for hydroxylation is 1. The summed E-state index contributed by atoms with van der Waals surface area (Å²) in [6.45, 7) is 3.26. The molecule has 1 aliphatic heterocycles. The van der Waals surface area contributed by atoms with Gasteiger partial charge in [-0.05, 0) is 61.4 Å². The fourth-order valence-corrected chi connectivity index (χ4v) is 5.44. The maximum atomic E-state index is 13.5. The van der Waals surface area contributed by atoms with Gasteiger partial charge in [-0.15, -0.1) is 0 Å². The molecule has 4 nitrogen and oxygen atoms in total. The molecule has 7 heteroatoms. The van der Waals surface area contributed by atoms with Crippen molar-refractivity contribution in [2.24, 2.45) is 5.92 Å². The number of carbonyl (C=O) groups is 1. The van der Waals surface area contributed by atoms with Crippen LogP contribution in [0.25, 0.3) is 5.65 Å². The number of halogens is 3.